The number of likely N-dealkylation sites (tertiary alicyclic amines) is 1. The number of ether oxygens (including phenoxy) is 2. The van der Waals surface area contributed by atoms with Gasteiger partial charge in [0, 0.05) is 38.0 Å². The van der Waals surface area contributed by atoms with Gasteiger partial charge in [-0.05, 0) is 56.8 Å². The summed E-state index contributed by atoms with van der Waals surface area (Å²) in [4.78, 5) is 27.6. The van der Waals surface area contributed by atoms with Gasteiger partial charge in [0.25, 0.3) is 0 Å². The number of aliphatic imine (C=N–C) groups is 2. The number of fused-ring (bicyclic) bond motifs is 1. The highest BCUT2D eigenvalue weighted by molar-refractivity contribution is 5.83. The first-order valence-electron chi connectivity index (χ1n) is 13.8. The van der Waals surface area contributed by atoms with Gasteiger partial charge in [0.05, 0.1) is 48.4 Å². The fraction of sp³-hybridized carbons (Fsp3) is 0.467. The molecular formula is C30H41N7O3. The van der Waals surface area contributed by atoms with E-state index in [4.69, 9.17) is 9.47 Å². The Morgan fingerprint density at radius 3 is 2.60 bits per heavy atom. The zero-order valence-corrected chi connectivity index (χ0v) is 23.9. The van der Waals surface area contributed by atoms with E-state index in [-0.39, 0.29) is 0 Å². The van der Waals surface area contributed by atoms with E-state index in [0.29, 0.717) is 24.4 Å². The van der Waals surface area contributed by atoms with Crippen LogP contribution < -0.4 is 20.7 Å². The first-order chi connectivity index (χ1) is 19.5. The number of nitrogens with zero attached hydrogens (tertiary/aromatic N) is 5. The average Bonchev–Trinajstić information content (AvgIpc) is 2.97. The maximum absolute atomic E-state index is 10.1. The number of aryl methyl sites for hydroxylation is 1. The lowest BCUT2D eigenvalue weighted by Crippen LogP contribution is -2.65. The first kappa shape index (κ1) is 29.2. The van der Waals surface area contributed by atoms with Crippen LogP contribution in [0.15, 0.2) is 51.7 Å². The van der Waals surface area contributed by atoms with Crippen LogP contribution in [0.4, 0.5) is 17.1 Å². The lowest BCUT2D eigenvalue weighted by molar-refractivity contribution is -0.188. The van der Waals surface area contributed by atoms with Gasteiger partial charge >= 0.3 is 0 Å². The first-order valence-corrected chi connectivity index (χ1v) is 13.8. The molecule has 0 saturated carbocycles. The van der Waals surface area contributed by atoms with E-state index >= 15 is 0 Å². The van der Waals surface area contributed by atoms with Crippen molar-refractivity contribution in [2.24, 2.45) is 21.1 Å². The Hall–Kier alpha value is -3.76. The summed E-state index contributed by atoms with van der Waals surface area (Å²) in [6.07, 6.45) is 6.65. The van der Waals surface area contributed by atoms with Gasteiger partial charge in [0.1, 0.15) is 12.3 Å². The number of nitrogens with two attached hydrogens (primary N) is 1. The van der Waals surface area contributed by atoms with Crippen LogP contribution in [-0.2, 0) is 16.0 Å². The van der Waals surface area contributed by atoms with Gasteiger partial charge in [0.15, 0.2) is 0 Å². The molecule has 4 aliphatic heterocycles. The molecule has 5 heterocycles. The number of amides is 1. The van der Waals surface area contributed by atoms with Crippen molar-refractivity contribution in [3.8, 4) is 5.88 Å². The summed E-state index contributed by atoms with van der Waals surface area (Å²) in [6, 6.07) is 8.37. The third kappa shape index (κ3) is 6.51. The van der Waals surface area contributed by atoms with Crippen molar-refractivity contribution in [3.63, 3.8) is 0 Å². The predicted molar refractivity (Wildman–Crippen MR) is 161 cm³/mol. The average molecular weight is 548 g/mol. The van der Waals surface area contributed by atoms with Crippen LogP contribution in [0, 0.1) is 12.3 Å². The van der Waals surface area contributed by atoms with Crippen molar-refractivity contribution in [3.05, 3.63) is 52.9 Å². The Kier molecular flexibility index (Phi) is 9.89. The second-order valence-corrected chi connectivity index (χ2v) is 10.3. The number of hydrogen-bond acceptors (Lipinski definition) is 9. The molecule has 4 aliphatic rings. The van der Waals surface area contributed by atoms with Gasteiger partial charge in [-0.1, -0.05) is 19.1 Å². The summed E-state index contributed by atoms with van der Waals surface area (Å²) in [5, 5.41) is 3.41. The second kappa shape index (κ2) is 13.5. The standard InChI is InChI=1S/C23H27N5O.C6H9NO2.CH5N/c1-4-17-5-7-19(8-6-17)26-13-18-9-11-28(15-20(18)24-3)21-14-27-23-22(16(21)2)25-10-12-29-23;8-5-7-1-6(2-7)3-9-4-6;1-2/h5-8,13-14,25H,3-4,9-12,15H2,1-2H3;5H,1-4H2;2H2,1H3. The number of rotatable bonds is 6. The summed E-state index contributed by atoms with van der Waals surface area (Å²) in [6.45, 7) is 14.6. The largest absolute Gasteiger partial charge is 0.474 e. The van der Waals surface area contributed by atoms with Crippen LogP contribution >= 0.6 is 0 Å². The molecule has 3 N–H and O–H groups in total. The molecule has 214 valence electrons. The van der Waals surface area contributed by atoms with Gasteiger partial charge < -0.3 is 30.3 Å². The van der Waals surface area contributed by atoms with Crippen LogP contribution in [0.25, 0.3) is 0 Å². The Morgan fingerprint density at radius 1 is 1.23 bits per heavy atom. The lowest BCUT2D eigenvalue weighted by Gasteiger charge is -2.53. The molecule has 0 aliphatic carbocycles. The zero-order chi connectivity index (χ0) is 28.5. The summed E-state index contributed by atoms with van der Waals surface area (Å²) < 4.78 is 10.7. The van der Waals surface area contributed by atoms with Gasteiger partial charge in [-0.15, -0.1) is 0 Å². The highest BCUT2D eigenvalue weighted by Crippen LogP contribution is 2.37. The molecule has 0 unspecified atom stereocenters. The van der Waals surface area contributed by atoms with E-state index in [9.17, 15) is 4.79 Å². The third-order valence-electron chi connectivity index (χ3n) is 7.57. The molecular weight excluding hydrogens is 506 g/mol. The van der Waals surface area contributed by atoms with Gasteiger partial charge in [-0.3, -0.25) is 14.8 Å². The van der Waals surface area contributed by atoms with Crippen LogP contribution in [0.5, 0.6) is 5.88 Å². The molecule has 1 aromatic heterocycles. The maximum atomic E-state index is 10.1. The highest BCUT2D eigenvalue weighted by atomic mass is 16.5. The maximum Gasteiger partial charge on any atom is 0.237 e. The SMILES string of the molecule is C=NC1=C(C=Nc2ccc(CC)cc2)CCN(c2cnc3c(c2C)NCCO3)C1.CN.O=CN1CC2(COC2)C1. The molecule has 1 aromatic carbocycles. The van der Waals surface area contributed by atoms with Crippen LogP contribution in [0.2, 0.25) is 0 Å². The molecule has 1 amide bonds. The number of hydrogen-bond donors (Lipinski definition) is 2. The summed E-state index contributed by atoms with van der Waals surface area (Å²) >= 11 is 0. The van der Waals surface area contributed by atoms with Crippen molar-refractivity contribution in [1.82, 2.24) is 9.88 Å². The van der Waals surface area contributed by atoms with Crippen molar-refractivity contribution in [2.75, 3.05) is 69.8 Å². The minimum atomic E-state index is 0.390. The van der Waals surface area contributed by atoms with E-state index in [0.717, 1.165) is 92.5 Å². The van der Waals surface area contributed by atoms with Gasteiger partial charge in [-0.2, -0.15) is 0 Å². The smallest absolute Gasteiger partial charge is 0.237 e. The zero-order valence-electron chi connectivity index (χ0n) is 23.9. The van der Waals surface area contributed by atoms with E-state index in [1.807, 2.05) is 12.4 Å². The molecule has 1 spiro atoms. The molecule has 2 fully saturated rings. The van der Waals surface area contributed by atoms with E-state index in [1.165, 1.54) is 12.6 Å². The van der Waals surface area contributed by atoms with Crippen molar-refractivity contribution in [1.29, 1.82) is 0 Å². The highest BCUT2D eigenvalue weighted by Gasteiger charge is 2.48. The van der Waals surface area contributed by atoms with E-state index in [1.54, 1.807) is 4.90 Å². The minimum Gasteiger partial charge on any atom is -0.474 e. The molecule has 0 atom stereocenters. The number of anilines is 2. The Labute approximate surface area is 237 Å². The van der Waals surface area contributed by atoms with Gasteiger partial charge in [-0.25, -0.2) is 4.98 Å². The lowest BCUT2D eigenvalue weighted by atomic mass is 9.78. The molecule has 2 aromatic rings. The number of aromatic nitrogens is 1. The minimum absolute atomic E-state index is 0.390. The number of nitrogens with one attached hydrogen (secondary N) is 1. The molecule has 0 radical (unpaired) electrons. The van der Waals surface area contributed by atoms with E-state index < -0.39 is 0 Å². The van der Waals surface area contributed by atoms with Crippen molar-refractivity contribution < 1.29 is 14.3 Å². The molecule has 40 heavy (non-hydrogen) atoms. The summed E-state index contributed by atoms with van der Waals surface area (Å²) in [7, 11) is 1.50. The fourth-order valence-electron chi connectivity index (χ4n) is 5.22. The molecule has 10 nitrogen and oxygen atoms in total. The number of carbonyl (C=O) groups excluding carboxylic acids is 1. The Bertz CT molecular complexity index is 1230. The molecule has 0 bridgehead atoms. The van der Waals surface area contributed by atoms with E-state index in [2.05, 4.69) is 75.7 Å². The van der Waals surface area contributed by atoms with Gasteiger partial charge in [0.2, 0.25) is 12.3 Å². The quantitative estimate of drug-likeness (QED) is 0.421. The van der Waals surface area contributed by atoms with Crippen LogP contribution in [0.3, 0.4) is 0 Å². The predicted octanol–water partition coefficient (Wildman–Crippen LogP) is 3.37. The normalized spacial score (nSPS) is 18.6. The summed E-state index contributed by atoms with van der Waals surface area (Å²) in [5.74, 6) is 0.689. The molecule has 6 rings (SSSR count). The van der Waals surface area contributed by atoms with Crippen LogP contribution in [0.1, 0.15) is 24.5 Å². The Balaban J connectivity index is 0.000000280. The van der Waals surface area contributed by atoms with Crippen LogP contribution in [-0.4, -0.2) is 88.8 Å². The van der Waals surface area contributed by atoms with Crippen molar-refractivity contribution >= 4 is 36.4 Å². The molecule has 2 saturated heterocycles. The topological polar surface area (TPSA) is 118 Å². The monoisotopic (exact) mass is 547 g/mol. The number of pyridine rings is 1. The number of benzene rings is 1. The van der Waals surface area contributed by atoms with Crippen molar-refractivity contribution in [2.45, 2.75) is 26.7 Å². The second-order valence-electron chi connectivity index (χ2n) is 10.3. The fourth-order valence-corrected chi connectivity index (χ4v) is 5.22. The Morgan fingerprint density at radius 2 is 1.98 bits per heavy atom. The third-order valence-corrected chi connectivity index (χ3v) is 7.57. The molecule has 10 heteroatoms. The summed E-state index contributed by atoms with van der Waals surface area (Å²) in [5.41, 5.74) is 12.5. The number of carbonyl (C=O) groups is 1.